The summed E-state index contributed by atoms with van der Waals surface area (Å²) in [5, 5.41) is 5.75. The summed E-state index contributed by atoms with van der Waals surface area (Å²) < 4.78 is 23.4. The number of carbonyl (C=O) groups excluding carboxylic acids is 1. The molecule has 0 bridgehead atoms. The van der Waals surface area contributed by atoms with Gasteiger partial charge in [-0.2, -0.15) is 0 Å². The summed E-state index contributed by atoms with van der Waals surface area (Å²) in [5.41, 5.74) is -0.0737. The molecule has 0 aromatic heterocycles. The first-order valence-corrected chi connectivity index (χ1v) is 8.15. The van der Waals surface area contributed by atoms with E-state index in [1.807, 2.05) is 20.8 Å². The van der Waals surface area contributed by atoms with Crippen LogP contribution in [0, 0.1) is 0 Å². The maximum absolute atomic E-state index is 11.7. The summed E-state index contributed by atoms with van der Waals surface area (Å²) in [6, 6.07) is -0.0372. The van der Waals surface area contributed by atoms with Crippen molar-refractivity contribution in [3.63, 3.8) is 0 Å². The van der Waals surface area contributed by atoms with Gasteiger partial charge >= 0.3 is 0 Å². The average Bonchev–Trinajstić information content (AvgIpc) is 2.14. The SMILES string of the molecule is CCC(C)(C)NCCS(=O)(=O)CC(=O)NC(C)C. The topological polar surface area (TPSA) is 75.3 Å². The Balaban J connectivity index is 4.13. The number of amides is 1. The molecule has 18 heavy (non-hydrogen) atoms. The molecule has 0 aliphatic carbocycles. The predicted molar refractivity (Wildman–Crippen MR) is 74.3 cm³/mol. The van der Waals surface area contributed by atoms with E-state index in [4.69, 9.17) is 0 Å². The minimum Gasteiger partial charge on any atom is -0.353 e. The smallest absolute Gasteiger partial charge is 0.235 e. The zero-order valence-corrected chi connectivity index (χ0v) is 12.9. The minimum atomic E-state index is -3.33. The van der Waals surface area contributed by atoms with Crippen molar-refractivity contribution in [1.29, 1.82) is 0 Å². The second kappa shape index (κ2) is 7.09. The van der Waals surface area contributed by atoms with Crippen molar-refractivity contribution < 1.29 is 13.2 Å². The first-order chi connectivity index (χ1) is 8.08. The number of nitrogens with one attached hydrogen (secondary N) is 2. The van der Waals surface area contributed by atoms with Crippen molar-refractivity contribution in [2.75, 3.05) is 18.1 Å². The first-order valence-electron chi connectivity index (χ1n) is 6.33. The van der Waals surface area contributed by atoms with Gasteiger partial charge in [-0.25, -0.2) is 8.42 Å². The average molecular weight is 278 g/mol. The normalized spacial score (nSPS) is 12.8. The van der Waals surface area contributed by atoms with Crippen molar-refractivity contribution in [2.45, 2.75) is 52.6 Å². The van der Waals surface area contributed by atoms with E-state index in [1.165, 1.54) is 0 Å². The number of carbonyl (C=O) groups is 1. The van der Waals surface area contributed by atoms with Gasteiger partial charge in [0.15, 0.2) is 9.84 Å². The fourth-order valence-corrected chi connectivity index (χ4v) is 2.35. The summed E-state index contributed by atoms with van der Waals surface area (Å²) in [6.07, 6.45) is 0.918. The Hall–Kier alpha value is -0.620. The Kier molecular flexibility index (Phi) is 6.84. The number of hydrogen-bond donors (Lipinski definition) is 2. The molecule has 0 aliphatic rings. The maximum Gasteiger partial charge on any atom is 0.235 e. The van der Waals surface area contributed by atoms with Crippen LogP contribution in [0.15, 0.2) is 0 Å². The third-order valence-electron chi connectivity index (χ3n) is 2.70. The Morgan fingerprint density at radius 2 is 1.83 bits per heavy atom. The highest BCUT2D eigenvalue weighted by Gasteiger charge is 2.19. The van der Waals surface area contributed by atoms with Crippen molar-refractivity contribution in [3.8, 4) is 0 Å². The van der Waals surface area contributed by atoms with Crippen LogP contribution in [0.4, 0.5) is 0 Å². The third kappa shape index (κ3) is 8.47. The van der Waals surface area contributed by atoms with Gasteiger partial charge in [0, 0.05) is 18.1 Å². The van der Waals surface area contributed by atoms with Crippen molar-refractivity contribution in [1.82, 2.24) is 10.6 Å². The van der Waals surface area contributed by atoms with Gasteiger partial charge in [-0.05, 0) is 34.1 Å². The van der Waals surface area contributed by atoms with Gasteiger partial charge in [0.25, 0.3) is 0 Å². The molecule has 0 unspecified atom stereocenters. The molecule has 0 radical (unpaired) electrons. The highest BCUT2D eigenvalue weighted by atomic mass is 32.2. The predicted octanol–water partition coefficient (Wildman–Crippen LogP) is 0.704. The van der Waals surface area contributed by atoms with Crippen molar-refractivity contribution >= 4 is 15.7 Å². The van der Waals surface area contributed by atoms with Crippen LogP contribution >= 0.6 is 0 Å². The molecular formula is C12H26N2O3S. The molecule has 0 aromatic carbocycles. The van der Waals surface area contributed by atoms with E-state index in [9.17, 15) is 13.2 Å². The molecule has 2 N–H and O–H groups in total. The van der Waals surface area contributed by atoms with Crippen LogP contribution < -0.4 is 10.6 Å². The Labute approximate surface area is 111 Å². The standard InChI is InChI=1S/C12H26N2O3S/c1-6-12(4,5)13-7-8-18(16,17)9-11(15)14-10(2)3/h10,13H,6-9H2,1-5H3,(H,14,15). The molecule has 0 rings (SSSR count). The highest BCUT2D eigenvalue weighted by molar-refractivity contribution is 7.92. The monoisotopic (exact) mass is 278 g/mol. The molecular weight excluding hydrogens is 252 g/mol. The van der Waals surface area contributed by atoms with Crippen LogP contribution in [0.1, 0.15) is 41.0 Å². The summed E-state index contributed by atoms with van der Waals surface area (Å²) in [4.78, 5) is 11.4. The van der Waals surface area contributed by atoms with Gasteiger partial charge in [-0.15, -0.1) is 0 Å². The van der Waals surface area contributed by atoms with Crippen LogP contribution in [-0.4, -0.2) is 44.0 Å². The Bertz CT molecular complexity index is 362. The van der Waals surface area contributed by atoms with Crippen molar-refractivity contribution in [2.24, 2.45) is 0 Å². The Morgan fingerprint density at radius 3 is 2.28 bits per heavy atom. The second-order valence-corrected chi connectivity index (χ2v) is 7.66. The molecule has 108 valence electrons. The maximum atomic E-state index is 11.7. The third-order valence-corrected chi connectivity index (χ3v) is 4.23. The lowest BCUT2D eigenvalue weighted by atomic mass is 10.0. The van der Waals surface area contributed by atoms with Crippen molar-refractivity contribution in [3.05, 3.63) is 0 Å². The molecule has 0 spiro atoms. The molecule has 0 aromatic rings. The second-order valence-electron chi connectivity index (χ2n) is 5.48. The number of hydrogen-bond acceptors (Lipinski definition) is 4. The zero-order chi connectivity index (χ0) is 14.4. The highest BCUT2D eigenvalue weighted by Crippen LogP contribution is 2.06. The van der Waals surface area contributed by atoms with Gasteiger partial charge in [0.05, 0.1) is 5.75 Å². The summed E-state index contributed by atoms with van der Waals surface area (Å²) in [7, 11) is -3.33. The molecule has 6 heteroatoms. The van der Waals surface area contributed by atoms with Gasteiger partial charge < -0.3 is 10.6 Å². The first kappa shape index (κ1) is 17.4. The van der Waals surface area contributed by atoms with E-state index in [2.05, 4.69) is 10.6 Å². The molecule has 0 saturated carbocycles. The van der Waals surface area contributed by atoms with E-state index in [0.29, 0.717) is 6.54 Å². The molecule has 0 heterocycles. The lowest BCUT2D eigenvalue weighted by molar-refractivity contribution is -0.119. The lowest BCUT2D eigenvalue weighted by Gasteiger charge is -2.24. The molecule has 0 saturated heterocycles. The summed E-state index contributed by atoms with van der Waals surface area (Å²) in [6.45, 7) is 10.1. The van der Waals surface area contributed by atoms with Gasteiger partial charge in [-0.3, -0.25) is 4.79 Å². The summed E-state index contributed by atoms with van der Waals surface area (Å²) in [5.74, 6) is -0.874. The molecule has 5 nitrogen and oxygen atoms in total. The van der Waals surface area contributed by atoms with Crippen LogP contribution in [0.2, 0.25) is 0 Å². The Morgan fingerprint density at radius 1 is 1.28 bits per heavy atom. The van der Waals surface area contributed by atoms with Gasteiger partial charge in [0.1, 0.15) is 5.75 Å². The molecule has 0 fully saturated rings. The quantitative estimate of drug-likeness (QED) is 0.685. The van der Waals surface area contributed by atoms with E-state index < -0.39 is 21.5 Å². The van der Waals surface area contributed by atoms with Crippen LogP contribution in [-0.2, 0) is 14.6 Å². The molecule has 0 aliphatic heterocycles. The minimum absolute atomic E-state index is 0.0120. The van der Waals surface area contributed by atoms with Crippen LogP contribution in [0.3, 0.4) is 0 Å². The summed E-state index contributed by atoms with van der Waals surface area (Å²) >= 11 is 0. The lowest BCUT2D eigenvalue weighted by Crippen LogP contribution is -2.42. The van der Waals surface area contributed by atoms with Gasteiger partial charge in [-0.1, -0.05) is 6.92 Å². The van der Waals surface area contributed by atoms with E-state index >= 15 is 0 Å². The fourth-order valence-electron chi connectivity index (χ4n) is 1.31. The van der Waals surface area contributed by atoms with Crippen LogP contribution in [0.25, 0.3) is 0 Å². The fraction of sp³-hybridized carbons (Fsp3) is 0.917. The van der Waals surface area contributed by atoms with E-state index in [-0.39, 0.29) is 17.3 Å². The molecule has 1 amide bonds. The zero-order valence-electron chi connectivity index (χ0n) is 12.0. The number of rotatable bonds is 8. The van der Waals surface area contributed by atoms with Gasteiger partial charge in [0.2, 0.25) is 5.91 Å². The number of sulfone groups is 1. The largest absolute Gasteiger partial charge is 0.353 e. The van der Waals surface area contributed by atoms with E-state index in [1.54, 1.807) is 13.8 Å². The molecule has 0 atom stereocenters. The van der Waals surface area contributed by atoms with Crippen LogP contribution in [0.5, 0.6) is 0 Å². The van der Waals surface area contributed by atoms with E-state index in [0.717, 1.165) is 6.42 Å².